The van der Waals surface area contributed by atoms with Crippen LogP contribution in [0.5, 0.6) is 0 Å². The number of Topliss-reactive ketones (excluding diaryl/α,β-unsaturated/α-hetero) is 1. The molecule has 1 aliphatic rings. The molecule has 1 aromatic heterocycles. The Balaban J connectivity index is 1.47. The van der Waals surface area contributed by atoms with Crippen LogP contribution in [0.2, 0.25) is 0 Å². The molecule has 0 radical (unpaired) electrons. The summed E-state index contributed by atoms with van der Waals surface area (Å²) in [6.07, 6.45) is 0. The van der Waals surface area contributed by atoms with E-state index in [-0.39, 0.29) is 18.3 Å². The third kappa shape index (κ3) is 3.89. The average molecular weight is 420 g/mol. The number of ketones is 1. The number of aryl methyl sites for hydroxylation is 1. The molecule has 0 atom stereocenters. The van der Waals surface area contributed by atoms with Gasteiger partial charge in [0.25, 0.3) is 0 Å². The quantitative estimate of drug-likeness (QED) is 0.495. The summed E-state index contributed by atoms with van der Waals surface area (Å²) in [7, 11) is 0. The molecule has 0 fully saturated rings. The van der Waals surface area contributed by atoms with Gasteiger partial charge in [0.2, 0.25) is 11.7 Å². The molecule has 2 heterocycles. The summed E-state index contributed by atoms with van der Waals surface area (Å²) in [6, 6.07) is 16.6. The van der Waals surface area contributed by atoms with Gasteiger partial charge in [-0.2, -0.15) is 0 Å². The Morgan fingerprint density at radius 2 is 1.87 bits per heavy atom. The Morgan fingerprint density at radius 1 is 1.10 bits per heavy atom. The van der Waals surface area contributed by atoms with E-state index < -0.39 is 5.97 Å². The maximum absolute atomic E-state index is 12.7. The van der Waals surface area contributed by atoms with E-state index in [1.807, 2.05) is 54.8 Å². The Labute approximate surface area is 178 Å². The van der Waals surface area contributed by atoms with Gasteiger partial charge in [0.1, 0.15) is 0 Å². The fraction of sp³-hybridized carbons (Fsp3) is 0.174. The molecule has 2 aromatic carbocycles. The molecule has 0 aliphatic carbocycles. The van der Waals surface area contributed by atoms with Crippen molar-refractivity contribution in [3.8, 4) is 5.69 Å². The first kappa shape index (κ1) is 20.0. The first-order valence-electron chi connectivity index (χ1n) is 9.45. The molecule has 0 bridgehead atoms. The molecule has 152 valence electrons. The molecule has 30 heavy (non-hydrogen) atoms. The van der Waals surface area contributed by atoms with E-state index in [2.05, 4.69) is 5.32 Å². The van der Waals surface area contributed by atoms with Crippen LogP contribution < -0.4 is 5.32 Å². The van der Waals surface area contributed by atoms with E-state index in [1.165, 1.54) is 11.8 Å². The van der Waals surface area contributed by atoms with E-state index in [4.69, 9.17) is 4.74 Å². The van der Waals surface area contributed by atoms with E-state index >= 15 is 0 Å². The van der Waals surface area contributed by atoms with Crippen LogP contribution in [0.3, 0.4) is 0 Å². The average Bonchev–Trinajstić information content (AvgIpc) is 3.05. The highest BCUT2D eigenvalue weighted by Gasteiger charge is 2.20. The summed E-state index contributed by atoms with van der Waals surface area (Å²) in [5, 5.41) is 2.74. The summed E-state index contributed by atoms with van der Waals surface area (Å²) >= 11 is 1.42. The van der Waals surface area contributed by atoms with Crippen molar-refractivity contribution in [1.29, 1.82) is 0 Å². The van der Waals surface area contributed by atoms with Gasteiger partial charge in [-0.1, -0.05) is 18.2 Å². The van der Waals surface area contributed by atoms with Gasteiger partial charge in [-0.25, -0.2) is 4.79 Å². The zero-order valence-corrected chi connectivity index (χ0v) is 17.4. The lowest BCUT2D eigenvalue weighted by Crippen LogP contribution is -2.19. The van der Waals surface area contributed by atoms with Crippen LogP contribution in [0.25, 0.3) is 5.69 Å². The fourth-order valence-electron chi connectivity index (χ4n) is 3.52. The Kier molecular flexibility index (Phi) is 5.46. The van der Waals surface area contributed by atoms with Crippen LogP contribution in [0.15, 0.2) is 59.5 Å². The van der Waals surface area contributed by atoms with Crippen LogP contribution in [-0.2, 0) is 9.53 Å². The number of carbonyl (C=O) groups excluding carboxylic acids is 3. The van der Waals surface area contributed by atoms with Gasteiger partial charge in [0.15, 0.2) is 6.61 Å². The van der Waals surface area contributed by atoms with Gasteiger partial charge >= 0.3 is 5.97 Å². The van der Waals surface area contributed by atoms with Crippen LogP contribution in [0, 0.1) is 13.8 Å². The summed E-state index contributed by atoms with van der Waals surface area (Å²) in [6.45, 7) is 3.46. The number of nitrogens with one attached hydrogen (secondary N) is 1. The molecule has 0 spiro atoms. The third-order valence-electron chi connectivity index (χ3n) is 4.93. The topological polar surface area (TPSA) is 77.4 Å². The van der Waals surface area contributed by atoms with Gasteiger partial charge in [-0.05, 0) is 50.2 Å². The molecular formula is C23H20N2O4S. The number of esters is 1. The van der Waals surface area contributed by atoms with Crippen LogP contribution in [0.1, 0.15) is 32.1 Å². The van der Waals surface area contributed by atoms with E-state index in [9.17, 15) is 14.4 Å². The molecule has 6 nitrogen and oxygen atoms in total. The number of thioether (sulfide) groups is 1. The van der Waals surface area contributed by atoms with Crippen molar-refractivity contribution in [2.45, 2.75) is 18.7 Å². The molecule has 0 saturated carbocycles. The minimum Gasteiger partial charge on any atom is -0.454 e. The van der Waals surface area contributed by atoms with Gasteiger partial charge in [-0.3, -0.25) is 9.59 Å². The second kappa shape index (κ2) is 8.20. The third-order valence-corrected chi connectivity index (χ3v) is 6.00. The normalized spacial score (nSPS) is 12.8. The van der Waals surface area contributed by atoms with Crippen molar-refractivity contribution in [3.63, 3.8) is 0 Å². The summed E-state index contributed by atoms with van der Waals surface area (Å²) in [4.78, 5) is 37.6. The first-order chi connectivity index (χ1) is 14.4. The second-order valence-electron chi connectivity index (χ2n) is 7.00. The number of aromatic nitrogens is 1. The van der Waals surface area contributed by atoms with Gasteiger partial charge in [-0.15, -0.1) is 11.8 Å². The minimum absolute atomic E-state index is 0.109. The van der Waals surface area contributed by atoms with E-state index in [0.29, 0.717) is 22.6 Å². The maximum atomic E-state index is 12.7. The predicted octanol–water partition coefficient (Wildman–Crippen LogP) is 4.18. The predicted molar refractivity (Wildman–Crippen MR) is 116 cm³/mol. The number of para-hydroxylation sites is 1. The van der Waals surface area contributed by atoms with Gasteiger partial charge in [0, 0.05) is 27.5 Å². The summed E-state index contributed by atoms with van der Waals surface area (Å²) in [5.74, 6) is -0.623. The lowest BCUT2D eigenvalue weighted by molar-refractivity contribution is -0.113. The smallest absolute Gasteiger partial charge is 0.338 e. The molecular weight excluding hydrogens is 400 g/mol. The number of benzene rings is 2. The molecule has 1 N–H and O–H groups in total. The lowest BCUT2D eigenvalue weighted by Gasteiger charge is -2.16. The lowest BCUT2D eigenvalue weighted by atomic mass is 10.1. The number of rotatable bonds is 5. The second-order valence-corrected chi connectivity index (χ2v) is 8.02. The van der Waals surface area contributed by atoms with Crippen molar-refractivity contribution in [3.05, 3.63) is 77.1 Å². The van der Waals surface area contributed by atoms with Crippen molar-refractivity contribution < 1.29 is 19.1 Å². The highest BCUT2D eigenvalue weighted by Crippen LogP contribution is 2.32. The van der Waals surface area contributed by atoms with Gasteiger partial charge < -0.3 is 14.6 Å². The van der Waals surface area contributed by atoms with E-state index in [0.717, 1.165) is 22.0 Å². The summed E-state index contributed by atoms with van der Waals surface area (Å²) < 4.78 is 7.25. The molecule has 4 rings (SSSR count). The maximum Gasteiger partial charge on any atom is 0.338 e. The molecule has 0 unspecified atom stereocenters. The van der Waals surface area contributed by atoms with Gasteiger partial charge in [0.05, 0.1) is 17.0 Å². The fourth-order valence-corrected chi connectivity index (χ4v) is 4.31. The first-order valence-corrected chi connectivity index (χ1v) is 10.4. The molecule has 7 heteroatoms. The van der Waals surface area contributed by atoms with Crippen LogP contribution in [0.4, 0.5) is 5.69 Å². The Hall–Kier alpha value is -3.32. The minimum atomic E-state index is -0.604. The Bertz CT molecular complexity index is 1150. The summed E-state index contributed by atoms with van der Waals surface area (Å²) in [5.41, 5.74) is 4.10. The Morgan fingerprint density at radius 3 is 2.63 bits per heavy atom. The standard InChI is InChI=1S/C23H20N2O4S/c1-14-10-18(15(2)25(14)17-6-4-3-5-7-17)20(26)12-29-23(28)16-8-9-21-19(11-16)24-22(27)13-30-21/h3-11H,12-13H2,1-2H3,(H,24,27). The number of anilines is 1. The molecule has 3 aromatic rings. The van der Waals surface area contributed by atoms with Crippen LogP contribution in [-0.4, -0.2) is 34.6 Å². The molecule has 1 amide bonds. The molecule has 0 saturated heterocycles. The van der Waals surface area contributed by atoms with Crippen molar-refractivity contribution in [1.82, 2.24) is 4.57 Å². The number of ether oxygens (including phenoxy) is 1. The number of nitrogens with zero attached hydrogens (tertiary/aromatic N) is 1. The molecule has 1 aliphatic heterocycles. The highest BCUT2D eigenvalue weighted by atomic mass is 32.2. The number of amides is 1. The number of fused-ring (bicyclic) bond motifs is 1. The van der Waals surface area contributed by atoms with Crippen molar-refractivity contribution >= 4 is 35.1 Å². The number of hydrogen-bond donors (Lipinski definition) is 1. The van der Waals surface area contributed by atoms with E-state index in [1.54, 1.807) is 18.2 Å². The zero-order chi connectivity index (χ0) is 21.3. The SMILES string of the molecule is Cc1cc(C(=O)COC(=O)c2ccc3c(c2)NC(=O)CS3)c(C)n1-c1ccccc1. The van der Waals surface area contributed by atoms with Crippen LogP contribution >= 0.6 is 11.8 Å². The largest absolute Gasteiger partial charge is 0.454 e. The number of hydrogen-bond acceptors (Lipinski definition) is 5. The zero-order valence-electron chi connectivity index (χ0n) is 16.6. The van der Waals surface area contributed by atoms with Crippen molar-refractivity contribution in [2.75, 3.05) is 17.7 Å². The highest BCUT2D eigenvalue weighted by molar-refractivity contribution is 8.00. The monoisotopic (exact) mass is 420 g/mol. The van der Waals surface area contributed by atoms with Crippen molar-refractivity contribution in [2.24, 2.45) is 0 Å². The number of carbonyl (C=O) groups is 3.